The van der Waals surface area contributed by atoms with Crippen LogP contribution in [0.1, 0.15) is 6.42 Å². The number of ether oxygens (including phenoxy) is 1. The van der Waals surface area contributed by atoms with E-state index in [1.807, 2.05) is 11.8 Å². The highest BCUT2D eigenvalue weighted by Crippen LogP contribution is 2.23. The lowest BCUT2D eigenvalue weighted by Gasteiger charge is -2.04. The molecule has 0 aliphatic carbocycles. The van der Waals surface area contributed by atoms with Gasteiger partial charge in [-0.25, -0.2) is 0 Å². The smallest absolute Gasteiger partial charge is 0.162 e. The maximum Gasteiger partial charge on any atom is 0.162 e. The summed E-state index contributed by atoms with van der Waals surface area (Å²) in [6.45, 7) is 0.297. The van der Waals surface area contributed by atoms with E-state index in [2.05, 4.69) is 0 Å². The fourth-order valence-electron chi connectivity index (χ4n) is 1.05. The predicted octanol–water partition coefficient (Wildman–Crippen LogP) is 0.955. The topological polar surface area (TPSA) is 26.3 Å². The molecule has 0 spiro atoms. The minimum atomic E-state index is 0.271. The predicted molar refractivity (Wildman–Crippen MR) is 42.3 cm³/mol. The molecule has 0 aromatic carbocycles. The van der Waals surface area contributed by atoms with Crippen LogP contribution in [0.4, 0.5) is 0 Å². The van der Waals surface area contributed by atoms with Gasteiger partial charge in [0.25, 0.3) is 0 Å². The summed E-state index contributed by atoms with van der Waals surface area (Å²) in [5, 5.41) is 0. The van der Waals surface area contributed by atoms with Gasteiger partial charge in [0.1, 0.15) is 6.61 Å². The van der Waals surface area contributed by atoms with Crippen molar-refractivity contribution >= 4 is 17.5 Å². The first-order valence-corrected chi connectivity index (χ1v) is 4.59. The van der Waals surface area contributed by atoms with Crippen molar-refractivity contribution in [2.24, 2.45) is 5.92 Å². The van der Waals surface area contributed by atoms with Gasteiger partial charge in [-0.2, -0.15) is 11.8 Å². The molecule has 1 saturated heterocycles. The zero-order chi connectivity index (χ0) is 7.40. The summed E-state index contributed by atoms with van der Waals surface area (Å²) < 4.78 is 4.76. The van der Waals surface area contributed by atoms with Crippen LogP contribution >= 0.6 is 11.8 Å². The van der Waals surface area contributed by atoms with Gasteiger partial charge in [-0.15, -0.1) is 0 Å². The first-order chi connectivity index (χ1) is 4.84. The minimum Gasteiger partial charge on any atom is -0.377 e. The molecule has 2 nitrogen and oxygen atoms in total. The number of hydrogen-bond acceptors (Lipinski definition) is 3. The van der Waals surface area contributed by atoms with Crippen LogP contribution in [0.25, 0.3) is 0 Å². The molecule has 1 fully saturated rings. The Bertz CT molecular complexity index is 119. The third-order valence-electron chi connectivity index (χ3n) is 1.67. The molecule has 0 amide bonds. The van der Waals surface area contributed by atoms with Gasteiger partial charge in [-0.3, -0.25) is 4.79 Å². The molecule has 0 aromatic rings. The van der Waals surface area contributed by atoms with Crippen LogP contribution in [0.2, 0.25) is 0 Å². The van der Waals surface area contributed by atoms with Gasteiger partial charge in [-0.1, -0.05) is 0 Å². The maximum atomic E-state index is 11.1. The van der Waals surface area contributed by atoms with E-state index in [-0.39, 0.29) is 11.7 Å². The fraction of sp³-hybridized carbons (Fsp3) is 0.857. The average Bonchev–Trinajstić information content (AvgIpc) is 2.38. The molecule has 3 heteroatoms. The molecule has 0 aromatic heterocycles. The molecular formula is C7H12O2S. The minimum absolute atomic E-state index is 0.271. The Kier molecular flexibility index (Phi) is 3.22. The zero-order valence-corrected chi connectivity index (χ0v) is 6.95. The highest BCUT2D eigenvalue weighted by molar-refractivity contribution is 7.99. The van der Waals surface area contributed by atoms with Crippen molar-refractivity contribution in [2.45, 2.75) is 6.42 Å². The molecule has 0 saturated carbocycles. The Labute approximate surface area is 65.3 Å². The van der Waals surface area contributed by atoms with Gasteiger partial charge < -0.3 is 4.74 Å². The first-order valence-electron chi connectivity index (χ1n) is 3.44. The van der Waals surface area contributed by atoms with Crippen LogP contribution in [0, 0.1) is 5.92 Å². The summed E-state index contributed by atoms with van der Waals surface area (Å²) in [6, 6.07) is 0. The number of rotatable bonds is 3. The van der Waals surface area contributed by atoms with Crippen LogP contribution in [0.5, 0.6) is 0 Å². The third-order valence-corrected chi connectivity index (χ3v) is 2.83. The van der Waals surface area contributed by atoms with Gasteiger partial charge in [0.2, 0.25) is 0 Å². The Morgan fingerprint density at radius 1 is 1.80 bits per heavy atom. The summed E-state index contributed by atoms with van der Waals surface area (Å²) in [5.74, 6) is 2.69. The lowest BCUT2D eigenvalue weighted by atomic mass is 10.1. The third kappa shape index (κ3) is 1.99. The van der Waals surface area contributed by atoms with E-state index in [1.165, 1.54) is 0 Å². The van der Waals surface area contributed by atoms with Crippen LogP contribution in [0.3, 0.4) is 0 Å². The second-order valence-electron chi connectivity index (χ2n) is 2.46. The Morgan fingerprint density at radius 2 is 2.60 bits per heavy atom. The first kappa shape index (κ1) is 8.08. The molecule has 1 aliphatic rings. The average molecular weight is 160 g/mol. The second kappa shape index (κ2) is 3.98. The number of thioether (sulfide) groups is 1. The van der Waals surface area contributed by atoms with Gasteiger partial charge in [-0.05, 0) is 12.2 Å². The molecular weight excluding hydrogens is 148 g/mol. The number of hydrogen-bond donors (Lipinski definition) is 0. The molecule has 1 heterocycles. The summed E-state index contributed by atoms with van der Waals surface area (Å²) in [5.41, 5.74) is 0. The van der Waals surface area contributed by atoms with Crippen LogP contribution in [-0.2, 0) is 9.53 Å². The number of ketones is 1. The number of Topliss-reactive ketones (excluding diaryl/α,β-unsaturated/α-hetero) is 1. The van der Waals surface area contributed by atoms with Crippen LogP contribution < -0.4 is 0 Å². The summed E-state index contributed by atoms with van der Waals surface area (Å²) >= 11 is 1.86. The van der Waals surface area contributed by atoms with Crippen LogP contribution in [-0.4, -0.2) is 31.0 Å². The van der Waals surface area contributed by atoms with E-state index >= 15 is 0 Å². The van der Waals surface area contributed by atoms with E-state index in [4.69, 9.17) is 4.74 Å². The Balaban J connectivity index is 2.25. The normalized spacial score (nSPS) is 25.1. The quantitative estimate of drug-likeness (QED) is 0.615. The van der Waals surface area contributed by atoms with Crippen molar-refractivity contribution < 1.29 is 9.53 Å². The van der Waals surface area contributed by atoms with E-state index in [0.717, 1.165) is 17.9 Å². The monoisotopic (exact) mass is 160 g/mol. The SMILES string of the molecule is COCC(=O)C1CCSC1. The number of methoxy groups -OCH3 is 1. The molecule has 1 aliphatic heterocycles. The molecule has 58 valence electrons. The van der Waals surface area contributed by atoms with E-state index < -0.39 is 0 Å². The van der Waals surface area contributed by atoms with Crippen molar-refractivity contribution in [3.05, 3.63) is 0 Å². The lowest BCUT2D eigenvalue weighted by molar-refractivity contribution is -0.125. The van der Waals surface area contributed by atoms with Crippen molar-refractivity contribution in [2.75, 3.05) is 25.2 Å². The Hall–Kier alpha value is -0.0200. The molecule has 1 rings (SSSR count). The molecule has 1 atom stereocenters. The highest BCUT2D eigenvalue weighted by atomic mass is 32.2. The van der Waals surface area contributed by atoms with Crippen molar-refractivity contribution in [3.63, 3.8) is 0 Å². The molecule has 10 heavy (non-hydrogen) atoms. The Morgan fingerprint density at radius 3 is 3.10 bits per heavy atom. The lowest BCUT2D eigenvalue weighted by Crippen LogP contribution is -2.18. The largest absolute Gasteiger partial charge is 0.377 e. The van der Waals surface area contributed by atoms with Gasteiger partial charge in [0.15, 0.2) is 5.78 Å². The van der Waals surface area contributed by atoms with Crippen LogP contribution in [0.15, 0.2) is 0 Å². The fourth-order valence-corrected chi connectivity index (χ4v) is 2.30. The summed E-state index contributed by atoms with van der Waals surface area (Å²) in [7, 11) is 1.57. The molecule has 0 N–H and O–H groups in total. The summed E-state index contributed by atoms with van der Waals surface area (Å²) in [4.78, 5) is 11.1. The number of carbonyl (C=O) groups excluding carboxylic acids is 1. The maximum absolute atomic E-state index is 11.1. The second-order valence-corrected chi connectivity index (χ2v) is 3.61. The van der Waals surface area contributed by atoms with Crippen molar-refractivity contribution in [1.82, 2.24) is 0 Å². The van der Waals surface area contributed by atoms with E-state index in [1.54, 1.807) is 7.11 Å². The molecule has 0 radical (unpaired) electrons. The van der Waals surface area contributed by atoms with Crippen molar-refractivity contribution in [1.29, 1.82) is 0 Å². The van der Waals surface area contributed by atoms with Crippen molar-refractivity contribution in [3.8, 4) is 0 Å². The summed E-state index contributed by atoms with van der Waals surface area (Å²) in [6.07, 6.45) is 1.05. The van der Waals surface area contributed by atoms with Gasteiger partial charge in [0, 0.05) is 18.8 Å². The standard InChI is InChI=1S/C7H12O2S/c1-9-4-7(8)6-2-3-10-5-6/h6H,2-5H2,1H3. The zero-order valence-electron chi connectivity index (χ0n) is 6.13. The molecule has 0 bridgehead atoms. The number of carbonyl (C=O) groups is 1. The van der Waals surface area contributed by atoms with E-state index in [0.29, 0.717) is 6.61 Å². The van der Waals surface area contributed by atoms with E-state index in [9.17, 15) is 4.79 Å². The van der Waals surface area contributed by atoms with Gasteiger partial charge in [0.05, 0.1) is 0 Å². The highest BCUT2D eigenvalue weighted by Gasteiger charge is 2.22. The molecule has 1 unspecified atom stereocenters. The van der Waals surface area contributed by atoms with Gasteiger partial charge >= 0.3 is 0 Å².